The first-order valence-corrected chi connectivity index (χ1v) is 8.57. The molecule has 5 heteroatoms. The number of anilines is 1. The monoisotopic (exact) mass is 313 g/mol. The highest BCUT2D eigenvalue weighted by Gasteiger charge is 2.52. The van der Waals surface area contributed by atoms with Crippen LogP contribution < -0.4 is 5.32 Å². The highest BCUT2D eigenvalue weighted by Crippen LogP contribution is 2.44. The Balaban J connectivity index is 1.50. The molecule has 5 nitrogen and oxygen atoms in total. The summed E-state index contributed by atoms with van der Waals surface area (Å²) in [4.78, 5) is 29.4. The zero-order valence-corrected chi connectivity index (χ0v) is 13.5. The lowest BCUT2D eigenvalue weighted by molar-refractivity contribution is -0.132. The molecule has 3 aliphatic rings. The third-order valence-electron chi connectivity index (χ3n) is 5.56. The molecule has 0 bridgehead atoms. The Labute approximate surface area is 136 Å². The molecule has 1 aromatic rings. The zero-order chi connectivity index (χ0) is 16.0. The van der Waals surface area contributed by atoms with Crippen molar-refractivity contribution in [1.82, 2.24) is 9.80 Å². The van der Waals surface area contributed by atoms with Crippen LogP contribution in [-0.2, 0) is 15.0 Å². The normalized spacial score (nSPS) is 26.0. The fraction of sp³-hybridized carbons (Fsp3) is 0.556. The van der Waals surface area contributed by atoms with Crippen molar-refractivity contribution < 1.29 is 9.59 Å². The van der Waals surface area contributed by atoms with E-state index in [-0.39, 0.29) is 11.8 Å². The first-order chi connectivity index (χ1) is 11.1. The molecule has 1 saturated carbocycles. The average Bonchev–Trinajstić information content (AvgIpc) is 3.24. The van der Waals surface area contributed by atoms with E-state index >= 15 is 0 Å². The van der Waals surface area contributed by atoms with Crippen molar-refractivity contribution in [1.29, 1.82) is 0 Å². The number of hydrogen-bond donors (Lipinski definition) is 1. The molecule has 1 aromatic carbocycles. The second-order valence-electron chi connectivity index (χ2n) is 6.94. The Morgan fingerprint density at radius 3 is 2.91 bits per heavy atom. The first-order valence-electron chi connectivity index (χ1n) is 8.57. The van der Waals surface area contributed by atoms with Crippen LogP contribution in [0, 0.1) is 0 Å². The predicted octanol–water partition coefficient (Wildman–Crippen LogP) is 1.59. The predicted molar refractivity (Wildman–Crippen MR) is 88.2 cm³/mol. The number of carbonyl (C=O) groups excluding carboxylic acids is 2. The van der Waals surface area contributed by atoms with Crippen molar-refractivity contribution in [3.8, 4) is 0 Å². The summed E-state index contributed by atoms with van der Waals surface area (Å²) in [5, 5.41) is 2.98. The zero-order valence-electron chi connectivity index (χ0n) is 13.5. The van der Waals surface area contributed by atoms with E-state index in [1.54, 1.807) is 0 Å². The van der Waals surface area contributed by atoms with Crippen LogP contribution in [0.2, 0.25) is 0 Å². The van der Waals surface area contributed by atoms with Crippen LogP contribution in [0.5, 0.6) is 0 Å². The number of benzene rings is 1. The number of likely N-dealkylation sites (tertiary alicyclic amines) is 1. The number of likely N-dealkylation sites (N-methyl/N-ethyl adjacent to an activating group) is 1. The number of nitrogens with one attached hydrogen (secondary N) is 1. The molecule has 2 amide bonds. The van der Waals surface area contributed by atoms with Gasteiger partial charge in [0, 0.05) is 24.8 Å². The van der Waals surface area contributed by atoms with E-state index in [0.29, 0.717) is 25.7 Å². The maximum absolute atomic E-state index is 12.7. The summed E-state index contributed by atoms with van der Waals surface area (Å²) < 4.78 is 0. The standard InChI is InChI=1S/C18H23N3O2/c1-2-20(13-7-8-13)11-16(22)21-10-9-18(12-21)14-5-3-4-6-15(14)19-17(18)23/h3-6,13H,2,7-12H2,1H3,(H,19,23). The van der Waals surface area contributed by atoms with Crippen LogP contribution in [0.3, 0.4) is 0 Å². The Hall–Kier alpha value is -1.88. The maximum atomic E-state index is 12.7. The van der Waals surface area contributed by atoms with Gasteiger partial charge >= 0.3 is 0 Å². The van der Waals surface area contributed by atoms with Gasteiger partial charge in [-0.25, -0.2) is 0 Å². The fourth-order valence-corrected chi connectivity index (χ4v) is 4.01. The van der Waals surface area contributed by atoms with E-state index in [9.17, 15) is 9.59 Å². The molecule has 1 unspecified atom stereocenters. The summed E-state index contributed by atoms with van der Waals surface area (Å²) in [6, 6.07) is 8.46. The van der Waals surface area contributed by atoms with Crippen LogP contribution >= 0.6 is 0 Å². The number of hydrogen-bond acceptors (Lipinski definition) is 3. The van der Waals surface area contributed by atoms with E-state index in [1.165, 1.54) is 12.8 Å². The molecule has 2 heterocycles. The molecule has 0 radical (unpaired) electrons. The van der Waals surface area contributed by atoms with Gasteiger partial charge in [-0.3, -0.25) is 14.5 Å². The number of fused-ring (bicyclic) bond motifs is 2. The van der Waals surface area contributed by atoms with Gasteiger partial charge in [-0.15, -0.1) is 0 Å². The van der Waals surface area contributed by atoms with Crippen molar-refractivity contribution in [3.63, 3.8) is 0 Å². The molecule has 4 rings (SSSR count). The average molecular weight is 313 g/mol. The van der Waals surface area contributed by atoms with Gasteiger partial charge in [0.25, 0.3) is 0 Å². The lowest BCUT2D eigenvalue weighted by atomic mass is 9.81. The van der Waals surface area contributed by atoms with Gasteiger partial charge in [0.2, 0.25) is 11.8 Å². The van der Waals surface area contributed by atoms with Crippen molar-refractivity contribution in [2.24, 2.45) is 0 Å². The topological polar surface area (TPSA) is 52.7 Å². The molecule has 1 saturated heterocycles. The lowest BCUT2D eigenvalue weighted by Crippen LogP contribution is -2.43. The molecule has 23 heavy (non-hydrogen) atoms. The molecule has 2 aliphatic heterocycles. The van der Waals surface area contributed by atoms with Crippen LogP contribution in [0.25, 0.3) is 0 Å². The van der Waals surface area contributed by atoms with E-state index in [4.69, 9.17) is 0 Å². The summed E-state index contributed by atoms with van der Waals surface area (Å²) in [6.07, 6.45) is 3.14. The highest BCUT2D eigenvalue weighted by atomic mass is 16.2. The minimum atomic E-state index is -0.539. The molecular weight excluding hydrogens is 290 g/mol. The van der Waals surface area contributed by atoms with Crippen LogP contribution in [-0.4, -0.2) is 53.8 Å². The minimum absolute atomic E-state index is 0.0449. The summed E-state index contributed by atoms with van der Waals surface area (Å²) in [5.74, 6) is 0.205. The largest absolute Gasteiger partial charge is 0.340 e. The summed E-state index contributed by atoms with van der Waals surface area (Å²) in [6.45, 7) is 4.69. The number of amides is 2. The van der Waals surface area contributed by atoms with E-state index in [2.05, 4.69) is 17.1 Å². The SMILES string of the molecule is CCN(CC(=O)N1CCC2(C1)C(=O)Nc1ccccc12)C1CC1. The molecular formula is C18H23N3O2. The summed E-state index contributed by atoms with van der Waals surface area (Å²) >= 11 is 0. The van der Waals surface area contributed by atoms with Crippen molar-refractivity contribution in [2.75, 3.05) is 31.5 Å². The van der Waals surface area contributed by atoms with Crippen molar-refractivity contribution in [3.05, 3.63) is 29.8 Å². The molecule has 0 aromatic heterocycles. The van der Waals surface area contributed by atoms with Gasteiger partial charge in [-0.1, -0.05) is 25.1 Å². The first kappa shape index (κ1) is 14.7. The maximum Gasteiger partial charge on any atom is 0.236 e. The summed E-state index contributed by atoms with van der Waals surface area (Å²) in [7, 11) is 0. The van der Waals surface area contributed by atoms with E-state index in [0.717, 1.165) is 24.2 Å². The number of rotatable bonds is 4. The third kappa shape index (κ3) is 2.34. The Bertz CT molecular complexity index is 655. The molecule has 1 atom stereocenters. The van der Waals surface area contributed by atoms with Crippen LogP contribution in [0.15, 0.2) is 24.3 Å². The van der Waals surface area contributed by atoms with Gasteiger partial charge < -0.3 is 10.2 Å². The third-order valence-corrected chi connectivity index (χ3v) is 5.56. The van der Waals surface area contributed by atoms with Gasteiger partial charge in [0.15, 0.2) is 0 Å². The molecule has 1 aliphatic carbocycles. The lowest BCUT2D eigenvalue weighted by Gasteiger charge is -2.25. The second kappa shape index (κ2) is 5.34. The quantitative estimate of drug-likeness (QED) is 0.918. The van der Waals surface area contributed by atoms with Gasteiger partial charge in [0.1, 0.15) is 0 Å². The molecule has 1 N–H and O–H groups in total. The summed E-state index contributed by atoms with van der Waals surface area (Å²) in [5.41, 5.74) is 1.41. The van der Waals surface area contributed by atoms with Gasteiger partial charge in [-0.05, 0) is 37.4 Å². The van der Waals surface area contributed by atoms with Gasteiger partial charge in [-0.2, -0.15) is 0 Å². The molecule has 1 spiro atoms. The minimum Gasteiger partial charge on any atom is -0.340 e. The molecule has 122 valence electrons. The van der Waals surface area contributed by atoms with Crippen molar-refractivity contribution >= 4 is 17.5 Å². The number of carbonyl (C=O) groups is 2. The highest BCUT2D eigenvalue weighted by molar-refractivity contribution is 6.07. The Kier molecular flexibility index (Phi) is 3.41. The molecule has 2 fully saturated rings. The van der Waals surface area contributed by atoms with Crippen LogP contribution in [0.1, 0.15) is 31.7 Å². The number of nitrogens with zero attached hydrogens (tertiary/aromatic N) is 2. The Morgan fingerprint density at radius 1 is 1.39 bits per heavy atom. The Morgan fingerprint density at radius 2 is 2.17 bits per heavy atom. The van der Waals surface area contributed by atoms with Gasteiger partial charge in [0.05, 0.1) is 12.0 Å². The number of para-hydroxylation sites is 1. The van der Waals surface area contributed by atoms with E-state index < -0.39 is 5.41 Å². The fourth-order valence-electron chi connectivity index (χ4n) is 4.01. The van der Waals surface area contributed by atoms with Crippen molar-refractivity contribution in [2.45, 2.75) is 37.6 Å². The smallest absolute Gasteiger partial charge is 0.236 e. The second-order valence-corrected chi connectivity index (χ2v) is 6.94. The van der Waals surface area contributed by atoms with E-state index in [1.807, 2.05) is 29.2 Å². The van der Waals surface area contributed by atoms with Crippen LogP contribution in [0.4, 0.5) is 5.69 Å².